The molecule has 0 fully saturated rings. The molecule has 0 aliphatic carbocycles. The van der Waals surface area contributed by atoms with E-state index in [0.29, 0.717) is 0 Å². The highest BCUT2D eigenvalue weighted by atomic mass is 79.9. The van der Waals surface area contributed by atoms with Gasteiger partial charge in [-0.1, -0.05) is 15.9 Å². The number of pyridine rings is 1. The Bertz CT molecular complexity index is 364. The highest BCUT2D eigenvalue weighted by Gasteiger charge is 2.19. The van der Waals surface area contributed by atoms with Gasteiger partial charge in [-0.3, -0.25) is 4.79 Å². The number of H-pyrrole nitrogens is 1. The van der Waals surface area contributed by atoms with E-state index in [1.54, 1.807) is 0 Å². The van der Waals surface area contributed by atoms with E-state index < -0.39 is 23.3 Å². The van der Waals surface area contributed by atoms with Gasteiger partial charge in [0, 0.05) is 17.1 Å². The van der Waals surface area contributed by atoms with Gasteiger partial charge in [0.25, 0.3) is 12.0 Å². The normalized spacial score (nSPS) is 10.8. The van der Waals surface area contributed by atoms with Crippen LogP contribution in [0, 0.1) is 0 Å². The van der Waals surface area contributed by atoms with Crippen LogP contribution in [0.15, 0.2) is 11.0 Å². The maximum absolute atomic E-state index is 12.2. The number of aromatic amines is 1. The summed E-state index contributed by atoms with van der Waals surface area (Å²) in [5, 5.41) is 9.41. The van der Waals surface area contributed by atoms with Crippen molar-refractivity contribution in [2.75, 3.05) is 0 Å². The minimum Gasteiger partial charge on any atom is -0.507 e. The zero-order valence-corrected chi connectivity index (χ0v) is 7.94. The predicted octanol–water partition coefficient (Wildman–Crippen LogP) is 1.91. The van der Waals surface area contributed by atoms with Crippen LogP contribution in [0.5, 0.6) is 5.75 Å². The van der Waals surface area contributed by atoms with Crippen molar-refractivity contribution in [2.45, 2.75) is 11.8 Å². The van der Waals surface area contributed by atoms with Gasteiger partial charge in [0.15, 0.2) is 0 Å². The first-order chi connectivity index (χ1) is 6.07. The Morgan fingerprint density at radius 2 is 2.23 bits per heavy atom. The molecular weight excluding hydrogens is 248 g/mol. The molecule has 0 atom stereocenters. The van der Waals surface area contributed by atoms with E-state index >= 15 is 0 Å². The number of rotatable bonds is 2. The van der Waals surface area contributed by atoms with Crippen LogP contribution in [0.2, 0.25) is 0 Å². The molecule has 0 spiro atoms. The van der Waals surface area contributed by atoms with Gasteiger partial charge in [-0.15, -0.1) is 0 Å². The lowest BCUT2D eigenvalue weighted by Gasteiger charge is -2.05. The second kappa shape index (κ2) is 3.87. The van der Waals surface area contributed by atoms with Gasteiger partial charge in [0.05, 0.1) is 0 Å². The zero-order valence-electron chi connectivity index (χ0n) is 6.35. The van der Waals surface area contributed by atoms with E-state index in [0.717, 1.165) is 0 Å². The summed E-state index contributed by atoms with van der Waals surface area (Å²) < 4.78 is 24.4. The molecule has 0 saturated heterocycles. The molecule has 1 aromatic rings. The van der Waals surface area contributed by atoms with Gasteiger partial charge in [-0.05, 0) is 0 Å². The Kier molecular flexibility index (Phi) is 3.02. The predicted molar refractivity (Wildman–Crippen MR) is 46.3 cm³/mol. The van der Waals surface area contributed by atoms with Crippen molar-refractivity contribution in [3.05, 3.63) is 27.7 Å². The number of alkyl halides is 3. The molecule has 0 saturated carbocycles. The average Bonchev–Trinajstić information content (AvgIpc) is 2.04. The van der Waals surface area contributed by atoms with E-state index in [1.807, 2.05) is 0 Å². The number of nitrogens with one attached hydrogen (secondary N) is 1. The van der Waals surface area contributed by atoms with Crippen LogP contribution in [-0.4, -0.2) is 10.1 Å². The van der Waals surface area contributed by atoms with E-state index in [-0.39, 0.29) is 10.9 Å². The van der Waals surface area contributed by atoms with Crippen LogP contribution >= 0.6 is 15.9 Å². The maximum atomic E-state index is 12.2. The minimum absolute atomic E-state index is 0.204. The van der Waals surface area contributed by atoms with Crippen molar-refractivity contribution in [3.63, 3.8) is 0 Å². The first-order valence-corrected chi connectivity index (χ1v) is 4.47. The van der Waals surface area contributed by atoms with Gasteiger partial charge in [-0.25, -0.2) is 8.78 Å². The van der Waals surface area contributed by atoms with E-state index in [1.165, 1.54) is 6.20 Å². The fourth-order valence-corrected chi connectivity index (χ4v) is 1.31. The molecule has 0 aliphatic rings. The first-order valence-electron chi connectivity index (χ1n) is 3.35. The third-order valence-electron chi connectivity index (χ3n) is 1.54. The summed E-state index contributed by atoms with van der Waals surface area (Å²) >= 11 is 2.99. The third kappa shape index (κ3) is 1.88. The number of hydrogen-bond acceptors (Lipinski definition) is 2. The SMILES string of the molecule is O=c1[nH]cc(CBr)c(O)c1C(F)F. The van der Waals surface area contributed by atoms with Crippen LogP contribution in [0.3, 0.4) is 0 Å². The summed E-state index contributed by atoms with van der Waals surface area (Å²) in [5.41, 5.74) is -1.61. The molecule has 3 nitrogen and oxygen atoms in total. The fraction of sp³-hybridized carbons (Fsp3) is 0.286. The Morgan fingerprint density at radius 3 is 2.69 bits per heavy atom. The summed E-state index contributed by atoms with van der Waals surface area (Å²) in [7, 11) is 0. The lowest BCUT2D eigenvalue weighted by molar-refractivity contribution is 0.145. The molecule has 0 radical (unpaired) electrons. The van der Waals surface area contributed by atoms with E-state index in [4.69, 9.17) is 0 Å². The van der Waals surface area contributed by atoms with Gasteiger partial charge >= 0.3 is 0 Å². The van der Waals surface area contributed by atoms with E-state index in [9.17, 15) is 18.7 Å². The molecule has 0 aromatic carbocycles. The summed E-state index contributed by atoms with van der Waals surface area (Å²) in [6.45, 7) is 0. The van der Waals surface area contributed by atoms with Crippen LogP contribution in [0.25, 0.3) is 0 Å². The molecule has 1 rings (SSSR count). The summed E-state index contributed by atoms with van der Waals surface area (Å²) in [6.07, 6.45) is -1.78. The molecular formula is C7H6BrF2NO2. The lowest BCUT2D eigenvalue weighted by Crippen LogP contribution is -2.13. The van der Waals surface area contributed by atoms with Crippen LogP contribution in [0.4, 0.5) is 8.78 Å². The molecule has 1 heterocycles. The van der Waals surface area contributed by atoms with Crippen LogP contribution in [0.1, 0.15) is 17.6 Å². The second-order valence-corrected chi connectivity index (χ2v) is 2.90. The van der Waals surface area contributed by atoms with Crippen molar-refractivity contribution in [3.8, 4) is 5.75 Å². The molecule has 13 heavy (non-hydrogen) atoms. The Hall–Kier alpha value is -0.910. The number of aromatic hydroxyl groups is 1. The molecule has 0 unspecified atom stereocenters. The van der Waals surface area contributed by atoms with Crippen molar-refractivity contribution in [1.82, 2.24) is 4.98 Å². The highest BCUT2D eigenvalue weighted by molar-refractivity contribution is 9.08. The molecule has 2 N–H and O–H groups in total. The Morgan fingerprint density at radius 1 is 1.62 bits per heavy atom. The first kappa shape index (κ1) is 10.2. The average molecular weight is 254 g/mol. The van der Waals surface area contributed by atoms with Gasteiger partial charge in [0.1, 0.15) is 11.3 Å². The summed E-state index contributed by atoms with van der Waals surface area (Å²) in [5.74, 6) is -0.643. The number of aromatic nitrogens is 1. The molecule has 0 aliphatic heterocycles. The maximum Gasteiger partial charge on any atom is 0.272 e. The Labute approximate surface area is 80.5 Å². The minimum atomic E-state index is -2.97. The quantitative estimate of drug-likeness (QED) is 0.792. The lowest BCUT2D eigenvalue weighted by atomic mass is 10.2. The fourth-order valence-electron chi connectivity index (χ4n) is 0.884. The van der Waals surface area contributed by atoms with Crippen LogP contribution < -0.4 is 5.56 Å². The second-order valence-electron chi connectivity index (χ2n) is 2.34. The van der Waals surface area contributed by atoms with Gasteiger partial charge < -0.3 is 10.1 Å². The van der Waals surface area contributed by atoms with Crippen molar-refractivity contribution < 1.29 is 13.9 Å². The van der Waals surface area contributed by atoms with Crippen LogP contribution in [-0.2, 0) is 5.33 Å². The van der Waals surface area contributed by atoms with Gasteiger partial charge in [0.2, 0.25) is 0 Å². The van der Waals surface area contributed by atoms with E-state index in [2.05, 4.69) is 20.9 Å². The third-order valence-corrected chi connectivity index (χ3v) is 2.15. The molecule has 0 bridgehead atoms. The van der Waals surface area contributed by atoms with Crippen molar-refractivity contribution in [1.29, 1.82) is 0 Å². The zero-order chi connectivity index (χ0) is 10.0. The smallest absolute Gasteiger partial charge is 0.272 e. The monoisotopic (exact) mass is 253 g/mol. The topological polar surface area (TPSA) is 53.1 Å². The molecule has 6 heteroatoms. The molecule has 72 valence electrons. The van der Waals surface area contributed by atoms with Crippen molar-refractivity contribution >= 4 is 15.9 Å². The van der Waals surface area contributed by atoms with Crippen molar-refractivity contribution in [2.24, 2.45) is 0 Å². The number of halogens is 3. The Balaban J connectivity index is 3.39. The number of hydrogen-bond donors (Lipinski definition) is 2. The summed E-state index contributed by atoms with van der Waals surface area (Å²) in [4.78, 5) is 13.0. The highest BCUT2D eigenvalue weighted by Crippen LogP contribution is 2.28. The van der Waals surface area contributed by atoms with Gasteiger partial charge in [-0.2, -0.15) is 0 Å². The largest absolute Gasteiger partial charge is 0.507 e. The standard InChI is InChI=1S/C7H6BrF2NO2/c8-1-3-2-11-7(13)4(5(3)12)6(9)10/h2,6H,1H2,(H2,11,12,13). The molecule has 0 amide bonds. The summed E-state index contributed by atoms with van der Waals surface area (Å²) in [6, 6.07) is 0. The molecule has 1 aromatic heterocycles.